The molecule has 0 aliphatic carbocycles. The summed E-state index contributed by atoms with van der Waals surface area (Å²) in [5, 5.41) is 0.488. The standard InChI is InChI=1S/C10H9NO3S/c1-13-9(12)6-14-10-11-7-4-2-3-5-8(7)15-10/h2-5H,6H2,1H3. The van der Waals surface area contributed by atoms with Gasteiger partial charge in [-0.25, -0.2) is 9.78 Å². The Morgan fingerprint density at radius 1 is 1.47 bits per heavy atom. The number of esters is 1. The summed E-state index contributed by atoms with van der Waals surface area (Å²) in [7, 11) is 1.32. The Kier molecular flexibility index (Phi) is 2.82. The van der Waals surface area contributed by atoms with Gasteiger partial charge < -0.3 is 9.47 Å². The van der Waals surface area contributed by atoms with Crippen LogP contribution in [0.2, 0.25) is 0 Å². The Labute approximate surface area is 90.5 Å². The third kappa shape index (κ3) is 2.24. The Morgan fingerprint density at radius 3 is 3.00 bits per heavy atom. The van der Waals surface area contributed by atoms with Crippen LogP contribution in [0.15, 0.2) is 24.3 Å². The number of carbonyl (C=O) groups excluding carboxylic acids is 1. The van der Waals surface area contributed by atoms with Crippen LogP contribution in [0.4, 0.5) is 0 Å². The van der Waals surface area contributed by atoms with Crippen LogP contribution in [0, 0.1) is 0 Å². The van der Waals surface area contributed by atoms with E-state index >= 15 is 0 Å². The predicted octanol–water partition coefficient (Wildman–Crippen LogP) is 1.85. The highest BCUT2D eigenvalue weighted by molar-refractivity contribution is 7.20. The molecule has 1 aromatic carbocycles. The molecule has 0 aliphatic rings. The lowest BCUT2D eigenvalue weighted by Crippen LogP contribution is -2.12. The summed E-state index contributed by atoms with van der Waals surface area (Å²) in [6.45, 7) is -0.101. The van der Waals surface area contributed by atoms with Gasteiger partial charge in [0, 0.05) is 0 Å². The van der Waals surface area contributed by atoms with Gasteiger partial charge >= 0.3 is 5.97 Å². The van der Waals surface area contributed by atoms with Crippen molar-refractivity contribution in [2.45, 2.75) is 0 Å². The van der Waals surface area contributed by atoms with E-state index in [2.05, 4.69) is 9.72 Å². The van der Waals surface area contributed by atoms with Crippen molar-refractivity contribution >= 4 is 27.5 Å². The Morgan fingerprint density at radius 2 is 2.27 bits per heavy atom. The number of carbonyl (C=O) groups is 1. The first kappa shape index (κ1) is 9.92. The van der Waals surface area contributed by atoms with E-state index in [1.807, 2.05) is 24.3 Å². The molecule has 2 aromatic rings. The van der Waals surface area contributed by atoms with Gasteiger partial charge in [-0.1, -0.05) is 23.5 Å². The Balaban J connectivity index is 2.12. The first-order chi connectivity index (χ1) is 7.29. The zero-order valence-electron chi connectivity index (χ0n) is 8.10. The van der Waals surface area contributed by atoms with E-state index in [9.17, 15) is 4.79 Å². The number of rotatable bonds is 3. The van der Waals surface area contributed by atoms with Crippen LogP contribution in [0.5, 0.6) is 5.19 Å². The number of aromatic nitrogens is 1. The molecule has 0 atom stereocenters. The molecular formula is C10H9NO3S. The number of thiazole rings is 1. The van der Waals surface area contributed by atoms with Crippen LogP contribution in [-0.4, -0.2) is 24.7 Å². The molecule has 0 N–H and O–H groups in total. The minimum Gasteiger partial charge on any atom is -0.466 e. The summed E-state index contributed by atoms with van der Waals surface area (Å²) < 4.78 is 10.7. The van der Waals surface area contributed by atoms with E-state index in [1.165, 1.54) is 18.4 Å². The van der Waals surface area contributed by atoms with Crippen molar-refractivity contribution in [1.29, 1.82) is 0 Å². The van der Waals surface area contributed by atoms with Gasteiger partial charge in [0.2, 0.25) is 0 Å². The van der Waals surface area contributed by atoms with Crippen molar-refractivity contribution in [3.8, 4) is 5.19 Å². The van der Waals surface area contributed by atoms with Crippen LogP contribution in [0.3, 0.4) is 0 Å². The lowest BCUT2D eigenvalue weighted by atomic mass is 10.3. The normalized spacial score (nSPS) is 10.2. The highest BCUT2D eigenvalue weighted by atomic mass is 32.1. The topological polar surface area (TPSA) is 48.4 Å². The molecule has 0 fully saturated rings. The van der Waals surface area contributed by atoms with E-state index in [0.29, 0.717) is 5.19 Å². The molecule has 1 aromatic heterocycles. The van der Waals surface area contributed by atoms with Gasteiger partial charge in [-0.3, -0.25) is 0 Å². The Hall–Kier alpha value is -1.62. The number of ether oxygens (including phenoxy) is 2. The minimum absolute atomic E-state index is 0.101. The second-order valence-electron chi connectivity index (χ2n) is 2.81. The second-order valence-corrected chi connectivity index (χ2v) is 3.81. The first-order valence-corrected chi connectivity index (χ1v) is 5.16. The number of methoxy groups -OCH3 is 1. The first-order valence-electron chi connectivity index (χ1n) is 4.35. The monoisotopic (exact) mass is 223 g/mol. The summed E-state index contributed by atoms with van der Waals surface area (Å²) in [5.74, 6) is -0.408. The lowest BCUT2D eigenvalue weighted by molar-refractivity contribution is -0.142. The summed E-state index contributed by atoms with van der Waals surface area (Å²) in [5.41, 5.74) is 0.877. The average Bonchev–Trinajstić information content (AvgIpc) is 2.68. The van der Waals surface area contributed by atoms with Gasteiger partial charge in [0.15, 0.2) is 6.61 Å². The molecule has 0 unspecified atom stereocenters. The van der Waals surface area contributed by atoms with E-state index in [4.69, 9.17) is 4.74 Å². The van der Waals surface area contributed by atoms with Crippen molar-refractivity contribution in [3.05, 3.63) is 24.3 Å². The summed E-state index contributed by atoms with van der Waals surface area (Å²) >= 11 is 1.41. The van der Waals surface area contributed by atoms with Gasteiger partial charge in [-0.2, -0.15) is 0 Å². The van der Waals surface area contributed by atoms with E-state index in [0.717, 1.165) is 10.2 Å². The van der Waals surface area contributed by atoms with Crippen LogP contribution < -0.4 is 4.74 Å². The summed E-state index contributed by atoms with van der Waals surface area (Å²) in [6.07, 6.45) is 0. The fraction of sp³-hybridized carbons (Fsp3) is 0.200. The second kappa shape index (κ2) is 4.27. The van der Waals surface area contributed by atoms with Crippen LogP contribution >= 0.6 is 11.3 Å². The molecule has 5 heteroatoms. The zero-order chi connectivity index (χ0) is 10.7. The van der Waals surface area contributed by atoms with Gasteiger partial charge in [0.25, 0.3) is 5.19 Å². The maximum Gasteiger partial charge on any atom is 0.343 e. The minimum atomic E-state index is -0.408. The quantitative estimate of drug-likeness (QED) is 0.745. The largest absolute Gasteiger partial charge is 0.466 e. The van der Waals surface area contributed by atoms with E-state index in [-0.39, 0.29) is 6.61 Å². The van der Waals surface area contributed by atoms with Crippen molar-refractivity contribution in [2.24, 2.45) is 0 Å². The zero-order valence-corrected chi connectivity index (χ0v) is 8.91. The van der Waals surface area contributed by atoms with Crippen LogP contribution in [0.1, 0.15) is 0 Å². The van der Waals surface area contributed by atoms with Crippen molar-refractivity contribution in [1.82, 2.24) is 4.98 Å². The molecular weight excluding hydrogens is 214 g/mol. The number of nitrogens with zero attached hydrogens (tertiary/aromatic N) is 1. The fourth-order valence-electron chi connectivity index (χ4n) is 1.09. The molecule has 4 nitrogen and oxygen atoms in total. The van der Waals surface area contributed by atoms with Crippen LogP contribution in [0.25, 0.3) is 10.2 Å². The smallest absolute Gasteiger partial charge is 0.343 e. The molecule has 0 amide bonds. The summed E-state index contributed by atoms with van der Waals surface area (Å²) in [4.78, 5) is 15.0. The van der Waals surface area contributed by atoms with Gasteiger partial charge in [0.1, 0.15) is 0 Å². The van der Waals surface area contributed by atoms with Crippen molar-refractivity contribution in [2.75, 3.05) is 13.7 Å². The number of fused-ring (bicyclic) bond motifs is 1. The molecule has 1 heterocycles. The molecule has 0 aliphatic heterocycles. The number of benzene rings is 1. The van der Waals surface area contributed by atoms with E-state index in [1.54, 1.807) is 0 Å². The number of hydrogen-bond acceptors (Lipinski definition) is 5. The molecule has 0 radical (unpaired) electrons. The highest BCUT2D eigenvalue weighted by Crippen LogP contribution is 2.26. The number of para-hydroxylation sites is 1. The molecule has 15 heavy (non-hydrogen) atoms. The highest BCUT2D eigenvalue weighted by Gasteiger charge is 2.06. The Bertz CT molecular complexity index is 447. The van der Waals surface area contributed by atoms with Crippen LogP contribution in [-0.2, 0) is 9.53 Å². The molecule has 0 spiro atoms. The maximum atomic E-state index is 10.8. The lowest BCUT2D eigenvalue weighted by Gasteiger charge is -1.98. The average molecular weight is 223 g/mol. The van der Waals surface area contributed by atoms with Gasteiger partial charge in [-0.15, -0.1) is 0 Å². The van der Waals surface area contributed by atoms with Crippen molar-refractivity contribution in [3.63, 3.8) is 0 Å². The van der Waals surface area contributed by atoms with Crippen molar-refractivity contribution < 1.29 is 14.3 Å². The molecule has 0 saturated heterocycles. The van der Waals surface area contributed by atoms with E-state index < -0.39 is 5.97 Å². The predicted molar refractivity (Wildman–Crippen MR) is 57.1 cm³/mol. The maximum absolute atomic E-state index is 10.8. The number of hydrogen-bond donors (Lipinski definition) is 0. The van der Waals surface area contributed by atoms with Gasteiger partial charge in [-0.05, 0) is 12.1 Å². The molecule has 0 bridgehead atoms. The van der Waals surface area contributed by atoms with Gasteiger partial charge in [0.05, 0.1) is 17.3 Å². The SMILES string of the molecule is COC(=O)COc1nc2ccccc2s1. The summed E-state index contributed by atoms with van der Waals surface area (Å²) in [6, 6.07) is 7.70. The molecule has 2 rings (SSSR count). The third-order valence-corrected chi connectivity index (χ3v) is 2.76. The molecule has 0 saturated carbocycles. The fourth-order valence-corrected chi connectivity index (χ4v) is 1.91. The molecule has 78 valence electrons. The third-order valence-electron chi connectivity index (χ3n) is 1.82.